The van der Waals surface area contributed by atoms with Gasteiger partial charge in [-0.2, -0.15) is 0 Å². The van der Waals surface area contributed by atoms with E-state index in [4.69, 9.17) is 4.43 Å². The monoisotopic (exact) mass is 519 g/mol. The molecule has 1 aliphatic rings. The minimum atomic E-state index is -1.89. The Labute approximate surface area is 222 Å². The Bertz CT molecular complexity index is 1190. The Balaban J connectivity index is 1.51. The molecule has 1 aromatic heterocycles. The molecule has 1 fully saturated rings. The van der Waals surface area contributed by atoms with Crippen molar-refractivity contribution in [2.45, 2.75) is 52.1 Å². The van der Waals surface area contributed by atoms with Crippen molar-refractivity contribution in [1.82, 2.24) is 9.47 Å². The fourth-order valence-electron chi connectivity index (χ4n) is 4.55. The average molecular weight is 520 g/mol. The second kappa shape index (κ2) is 11.3. The zero-order valence-electron chi connectivity index (χ0n) is 22.9. The first-order chi connectivity index (χ1) is 17.6. The molecule has 0 atom stereocenters. The maximum Gasteiger partial charge on any atom is 0.270 e. The van der Waals surface area contributed by atoms with Crippen LogP contribution in [-0.4, -0.2) is 61.6 Å². The van der Waals surface area contributed by atoms with E-state index in [1.807, 2.05) is 47.4 Å². The van der Waals surface area contributed by atoms with Gasteiger partial charge in [0.05, 0.1) is 13.2 Å². The predicted molar refractivity (Wildman–Crippen MR) is 153 cm³/mol. The van der Waals surface area contributed by atoms with Crippen LogP contribution in [0, 0.1) is 0 Å². The number of amides is 1. The van der Waals surface area contributed by atoms with Crippen LogP contribution in [0.4, 0.5) is 5.69 Å². The molecule has 0 bridgehead atoms. The topological polar surface area (TPSA) is 57.9 Å². The molecule has 37 heavy (non-hydrogen) atoms. The lowest BCUT2D eigenvalue weighted by Crippen LogP contribution is -2.49. The van der Waals surface area contributed by atoms with Crippen molar-refractivity contribution in [2.75, 3.05) is 37.7 Å². The van der Waals surface area contributed by atoms with Crippen molar-refractivity contribution in [3.63, 3.8) is 0 Å². The molecule has 1 saturated heterocycles. The highest BCUT2D eigenvalue weighted by atomic mass is 28.4. The molecule has 0 spiro atoms. The van der Waals surface area contributed by atoms with Crippen molar-refractivity contribution >= 4 is 19.9 Å². The van der Waals surface area contributed by atoms with Gasteiger partial charge >= 0.3 is 0 Å². The summed E-state index contributed by atoms with van der Waals surface area (Å²) in [5.41, 5.74) is 4.86. The minimum absolute atomic E-state index is 0.0339. The van der Waals surface area contributed by atoms with Crippen LogP contribution in [0.25, 0.3) is 11.3 Å². The van der Waals surface area contributed by atoms with Crippen molar-refractivity contribution in [3.8, 4) is 11.3 Å². The van der Waals surface area contributed by atoms with Gasteiger partial charge in [0.2, 0.25) is 0 Å². The van der Waals surface area contributed by atoms with E-state index < -0.39 is 8.32 Å². The molecule has 3 aromatic rings. The summed E-state index contributed by atoms with van der Waals surface area (Å²) in [6.45, 7) is 15.4. The first-order valence-corrected chi connectivity index (χ1v) is 16.1. The molecule has 2 aromatic carbocycles. The van der Waals surface area contributed by atoms with E-state index in [-0.39, 0.29) is 17.6 Å². The maximum absolute atomic E-state index is 13.7. The predicted octanol–water partition coefficient (Wildman–Crippen LogP) is 5.63. The van der Waals surface area contributed by atoms with Gasteiger partial charge in [0.15, 0.2) is 8.32 Å². The van der Waals surface area contributed by atoms with Gasteiger partial charge in [-0.25, -0.2) is 0 Å². The number of hydrogen-bond acceptors (Lipinski definition) is 4. The lowest BCUT2D eigenvalue weighted by Gasteiger charge is -2.37. The molecule has 0 radical (unpaired) electrons. The van der Waals surface area contributed by atoms with Crippen molar-refractivity contribution in [3.05, 3.63) is 78.0 Å². The van der Waals surface area contributed by atoms with Crippen LogP contribution in [0.5, 0.6) is 0 Å². The maximum atomic E-state index is 13.7. The molecule has 6 nitrogen and oxygen atoms in total. The summed E-state index contributed by atoms with van der Waals surface area (Å²) in [5.74, 6) is 0.0678. The average Bonchev–Trinajstić information content (AvgIpc) is 3.32. The number of carbonyl (C=O) groups excluding carboxylic acids is 1. The third-order valence-electron chi connectivity index (χ3n) is 7.88. The fourth-order valence-corrected chi connectivity index (χ4v) is 5.58. The van der Waals surface area contributed by atoms with E-state index in [1.165, 1.54) is 0 Å². The Morgan fingerprint density at radius 1 is 0.946 bits per heavy atom. The smallest absolute Gasteiger partial charge is 0.270 e. The highest BCUT2D eigenvalue weighted by molar-refractivity contribution is 6.74. The quantitative estimate of drug-likeness (QED) is 0.392. The summed E-state index contributed by atoms with van der Waals surface area (Å²) in [5, 5.41) is 9.62. The first-order valence-electron chi connectivity index (χ1n) is 13.2. The number of nitrogens with zero attached hydrogens (tertiary/aromatic N) is 3. The van der Waals surface area contributed by atoms with Crippen molar-refractivity contribution in [2.24, 2.45) is 0 Å². The van der Waals surface area contributed by atoms with Crippen molar-refractivity contribution in [1.29, 1.82) is 0 Å². The summed E-state index contributed by atoms with van der Waals surface area (Å²) in [6.07, 6.45) is 0. The number of aliphatic hydroxyl groups excluding tert-OH is 1. The normalized spacial score (nSPS) is 14.8. The SMILES string of the molecule is CC(C)(C)[Si](C)(C)OCCn1c(C(=O)N2CCN(c3cccc(CO)c3)CC2)ccc1-c1ccccc1. The molecule has 2 heterocycles. The largest absolute Gasteiger partial charge is 0.415 e. The third-order valence-corrected chi connectivity index (χ3v) is 12.4. The second-order valence-corrected chi connectivity index (χ2v) is 16.1. The van der Waals surface area contributed by atoms with Gasteiger partial charge in [-0.1, -0.05) is 63.2 Å². The number of piperazine rings is 1. The van der Waals surface area contributed by atoms with E-state index in [0.717, 1.165) is 35.6 Å². The molecule has 7 heteroatoms. The zero-order valence-corrected chi connectivity index (χ0v) is 23.9. The number of hydrogen-bond donors (Lipinski definition) is 1. The van der Waals surface area contributed by atoms with Crippen LogP contribution in [0.2, 0.25) is 18.1 Å². The van der Waals surface area contributed by atoms with Gasteiger partial charge in [-0.15, -0.1) is 0 Å². The van der Waals surface area contributed by atoms with Crippen LogP contribution >= 0.6 is 0 Å². The summed E-state index contributed by atoms with van der Waals surface area (Å²) in [4.78, 5) is 18.0. The highest BCUT2D eigenvalue weighted by Crippen LogP contribution is 2.36. The lowest BCUT2D eigenvalue weighted by atomic mass is 10.1. The van der Waals surface area contributed by atoms with Crippen molar-refractivity contribution < 1.29 is 14.3 Å². The molecule has 4 rings (SSSR count). The number of carbonyl (C=O) groups is 1. The Kier molecular flexibility index (Phi) is 8.26. The van der Waals surface area contributed by atoms with Crippen LogP contribution in [0.3, 0.4) is 0 Å². The Morgan fingerprint density at radius 3 is 2.30 bits per heavy atom. The van der Waals surface area contributed by atoms with Gasteiger partial charge in [0, 0.05) is 44.1 Å². The van der Waals surface area contributed by atoms with E-state index >= 15 is 0 Å². The molecule has 0 saturated carbocycles. The molecular formula is C30H41N3O3Si. The Hall–Kier alpha value is -2.87. The molecular weight excluding hydrogens is 478 g/mol. The van der Waals surface area contributed by atoms with Crippen LogP contribution in [0.1, 0.15) is 36.8 Å². The van der Waals surface area contributed by atoms with Crippen LogP contribution < -0.4 is 4.90 Å². The summed E-state index contributed by atoms with van der Waals surface area (Å²) < 4.78 is 8.63. The van der Waals surface area contributed by atoms with Gasteiger partial charge in [0.1, 0.15) is 5.69 Å². The zero-order chi connectivity index (χ0) is 26.6. The molecule has 1 aliphatic heterocycles. The van der Waals surface area contributed by atoms with Crippen LogP contribution in [-0.2, 0) is 17.6 Å². The standard InChI is InChI=1S/C30H41N3O3Si/c1-30(2,3)37(4,5)36-21-20-33-27(25-11-7-6-8-12-25)14-15-28(33)29(35)32-18-16-31(17-19-32)26-13-9-10-24(22-26)23-34/h6-15,22,34H,16-21,23H2,1-5H3. The van der Waals surface area contributed by atoms with E-state index in [2.05, 4.69) is 67.6 Å². The van der Waals surface area contributed by atoms with E-state index in [0.29, 0.717) is 31.9 Å². The number of anilines is 1. The number of aliphatic hydroxyl groups is 1. The van der Waals surface area contributed by atoms with Gasteiger partial charge in [-0.05, 0) is 53.5 Å². The second-order valence-electron chi connectivity index (χ2n) is 11.3. The molecule has 1 N–H and O–H groups in total. The molecule has 0 aliphatic carbocycles. The summed E-state index contributed by atoms with van der Waals surface area (Å²) in [6, 6.07) is 22.3. The van der Waals surface area contributed by atoms with E-state index in [9.17, 15) is 9.90 Å². The minimum Gasteiger partial charge on any atom is -0.415 e. The summed E-state index contributed by atoms with van der Waals surface area (Å²) in [7, 11) is -1.89. The van der Waals surface area contributed by atoms with Gasteiger partial charge in [-0.3, -0.25) is 4.79 Å². The third kappa shape index (κ3) is 6.17. The van der Waals surface area contributed by atoms with Gasteiger partial charge < -0.3 is 23.9 Å². The number of benzene rings is 2. The van der Waals surface area contributed by atoms with Crippen LogP contribution in [0.15, 0.2) is 66.7 Å². The number of aromatic nitrogens is 1. The van der Waals surface area contributed by atoms with E-state index in [1.54, 1.807) is 0 Å². The first kappa shape index (κ1) is 27.2. The molecule has 1 amide bonds. The van der Waals surface area contributed by atoms with Gasteiger partial charge in [0.25, 0.3) is 5.91 Å². The fraction of sp³-hybridized carbons (Fsp3) is 0.433. The number of rotatable bonds is 8. The highest BCUT2D eigenvalue weighted by Gasteiger charge is 2.37. The molecule has 0 unspecified atom stereocenters. The lowest BCUT2D eigenvalue weighted by molar-refractivity contribution is 0.0735. The summed E-state index contributed by atoms with van der Waals surface area (Å²) >= 11 is 0. The Morgan fingerprint density at radius 2 is 1.65 bits per heavy atom. The molecule has 198 valence electrons.